The van der Waals surface area contributed by atoms with Crippen LogP contribution in [0.15, 0.2) is 41.4 Å². The smallest absolute Gasteiger partial charge is 0.335 e. The number of hydrogen-bond acceptors (Lipinski definition) is 3. The highest BCUT2D eigenvalue weighted by Gasteiger charge is 2.09. The average molecular weight is 324 g/mol. The molecule has 5 nitrogen and oxygen atoms in total. The van der Waals surface area contributed by atoms with E-state index in [1.165, 1.54) is 0 Å². The van der Waals surface area contributed by atoms with Crippen molar-refractivity contribution in [1.29, 1.82) is 0 Å². The summed E-state index contributed by atoms with van der Waals surface area (Å²) < 4.78 is 2.72. The molecule has 0 aliphatic carbocycles. The van der Waals surface area contributed by atoms with Crippen molar-refractivity contribution in [3.63, 3.8) is 0 Å². The van der Waals surface area contributed by atoms with Crippen molar-refractivity contribution >= 4 is 27.6 Å². The molecule has 0 aliphatic heterocycles. The lowest BCUT2D eigenvalue weighted by Crippen LogP contribution is -2.21. The second kappa shape index (κ2) is 5.88. The van der Waals surface area contributed by atoms with Gasteiger partial charge in [-0.05, 0) is 41.1 Å². The SMILES string of the molecule is CC(Cn1ccnc1)Nc1ccc(C(=O)O)cc1Br. The number of carbonyl (C=O) groups is 1. The van der Waals surface area contributed by atoms with Crippen molar-refractivity contribution in [1.82, 2.24) is 9.55 Å². The Morgan fingerprint density at radius 2 is 2.37 bits per heavy atom. The number of nitrogens with zero attached hydrogens (tertiary/aromatic N) is 2. The quantitative estimate of drug-likeness (QED) is 0.887. The van der Waals surface area contributed by atoms with Crippen LogP contribution in [0.1, 0.15) is 17.3 Å². The van der Waals surface area contributed by atoms with Gasteiger partial charge in [0.05, 0.1) is 11.9 Å². The summed E-state index contributed by atoms with van der Waals surface area (Å²) in [4.78, 5) is 14.8. The topological polar surface area (TPSA) is 67.2 Å². The molecule has 2 rings (SSSR count). The van der Waals surface area contributed by atoms with Crippen molar-refractivity contribution in [2.75, 3.05) is 5.32 Å². The first-order chi connectivity index (χ1) is 9.06. The van der Waals surface area contributed by atoms with Crippen molar-refractivity contribution < 1.29 is 9.90 Å². The van der Waals surface area contributed by atoms with Crippen LogP contribution in [0.25, 0.3) is 0 Å². The Labute approximate surface area is 119 Å². The molecule has 0 fully saturated rings. The zero-order valence-corrected chi connectivity index (χ0v) is 12.0. The fourth-order valence-electron chi connectivity index (χ4n) is 1.79. The van der Waals surface area contributed by atoms with Gasteiger partial charge in [0.2, 0.25) is 0 Å². The van der Waals surface area contributed by atoms with Gasteiger partial charge in [-0.15, -0.1) is 0 Å². The zero-order valence-electron chi connectivity index (χ0n) is 10.4. The molecule has 1 aromatic heterocycles. The Morgan fingerprint density at radius 3 is 2.95 bits per heavy atom. The molecule has 0 bridgehead atoms. The first-order valence-electron chi connectivity index (χ1n) is 5.81. The van der Waals surface area contributed by atoms with Crippen LogP contribution in [-0.2, 0) is 6.54 Å². The average Bonchev–Trinajstić information content (AvgIpc) is 2.84. The Balaban J connectivity index is 2.04. The third kappa shape index (κ3) is 3.57. The second-order valence-corrected chi connectivity index (χ2v) is 5.16. The number of imidazole rings is 1. The molecule has 19 heavy (non-hydrogen) atoms. The molecule has 0 saturated carbocycles. The summed E-state index contributed by atoms with van der Waals surface area (Å²) in [5, 5.41) is 12.2. The summed E-state index contributed by atoms with van der Waals surface area (Å²) in [5.74, 6) is -0.932. The highest BCUT2D eigenvalue weighted by molar-refractivity contribution is 9.10. The number of aromatic nitrogens is 2. The number of carboxylic acids is 1. The highest BCUT2D eigenvalue weighted by atomic mass is 79.9. The van der Waals surface area contributed by atoms with Gasteiger partial charge < -0.3 is 15.0 Å². The number of halogens is 1. The van der Waals surface area contributed by atoms with Crippen LogP contribution in [0.2, 0.25) is 0 Å². The highest BCUT2D eigenvalue weighted by Crippen LogP contribution is 2.24. The van der Waals surface area contributed by atoms with Gasteiger partial charge >= 0.3 is 5.97 Å². The minimum absolute atomic E-state index is 0.196. The molecule has 6 heteroatoms. The molecule has 0 amide bonds. The zero-order chi connectivity index (χ0) is 13.8. The van der Waals surface area contributed by atoms with E-state index in [1.807, 2.05) is 10.8 Å². The molecule has 1 heterocycles. The Kier molecular flexibility index (Phi) is 4.21. The minimum atomic E-state index is -0.932. The Hall–Kier alpha value is -1.82. The second-order valence-electron chi connectivity index (χ2n) is 4.30. The number of rotatable bonds is 5. The summed E-state index contributed by atoms with van der Waals surface area (Å²) >= 11 is 3.38. The van der Waals surface area contributed by atoms with Crippen LogP contribution in [0.5, 0.6) is 0 Å². The summed E-state index contributed by atoms with van der Waals surface area (Å²) in [6, 6.07) is 5.13. The van der Waals surface area contributed by atoms with E-state index >= 15 is 0 Å². The van der Waals surface area contributed by atoms with Crippen molar-refractivity contribution in [3.8, 4) is 0 Å². The normalized spacial score (nSPS) is 12.1. The molecule has 1 atom stereocenters. The van der Waals surface area contributed by atoms with Gasteiger partial charge in [-0.25, -0.2) is 9.78 Å². The number of carboxylic acid groups (broad SMARTS) is 1. The van der Waals surface area contributed by atoms with E-state index in [1.54, 1.807) is 30.7 Å². The maximum Gasteiger partial charge on any atom is 0.335 e. The standard InChI is InChI=1S/C13H14BrN3O2/c1-9(7-17-5-4-15-8-17)16-12-3-2-10(13(18)19)6-11(12)14/h2-6,8-9,16H,7H2,1H3,(H,18,19). The van der Waals surface area contributed by atoms with E-state index in [2.05, 4.69) is 33.2 Å². The maximum atomic E-state index is 10.8. The maximum absolute atomic E-state index is 10.8. The van der Waals surface area contributed by atoms with Crippen LogP contribution in [0.3, 0.4) is 0 Å². The molecule has 1 unspecified atom stereocenters. The van der Waals surface area contributed by atoms with Crippen LogP contribution in [0, 0.1) is 0 Å². The third-order valence-corrected chi connectivity index (χ3v) is 3.32. The van der Waals surface area contributed by atoms with E-state index in [4.69, 9.17) is 5.11 Å². The van der Waals surface area contributed by atoms with Gasteiger partial charge in [0, 0.05) is 35.1 Å². The van der Waals surface area contributed by atoms with E-state index < -0.39 is 5.97 Å². The molecule has 0 spiro atoms. The lowest BCUT2D eigenvalue weighted by atomic mass is 10.2. The van der Waals surface area contributed by atoms with Gasteiger partial charge in [0.1, 0.15) is 0 Å². The van der Waals surface area contributed by atoms with Crippen molar-refractivity contribution in [2.45, 2.75) is 19.5 Å². The Morgan fingerprint density at radius 1 is 1.58 bits per heavy atom. The van der Waals surface area contributed by atoms with Gasteiger partial charge in [-0.2, -0.15) is 0 Å². The molecule has 2 N–H and O–H groups in total. The predicted molar refractivity (Wildman–Crippen MR) is 76.4 cm³/mol. The fourth-order valence-corrected chi connectivity index (χ4v) is 2.28. The number of nitrogens with one attached hydrogen (secondary N) is 1. The molecular formula is C13H14BrN3O2. The summed E-state index contributed by atoms with van der Waals surface area (Å²) in [6.07, 6.45) is 5.41. The van der Waals surface area contributed by atoms with Gasteiger partial charge in [-0.3, -0.25) is 0 Å². The van der Waals surface area contributed by atoms with Crippen LogP contribution in [0.4, 0.5) is 5.69 Å². The number of anilines is 1. The first-order valence-corrected chi connectivity index (χ1v) is 6.60. The lowest BCUT2D eigenvalue weighted by molar-refractivity contribution is 0.0697. The molecule has 1 aromatic carbocycles. The number of benzene rings is 1. The van der Waals surface area contributed by atoms with E-state index in [9.17, 15) is 4.79 Å². The molecule has 0 aliphatic rings. The van der Waals surface area contributed by atoms with Gasteiger partial charge in [0.15, 0.2) is 0 Å². The molecule has 100 valence electrons. The van der Waals surface area contributed by atoms with Gasteiger partial charge in [-0.1, -0.05) is 0 Å². The van der Waals surface area contributed by atoms with Crippen LogP contribution < -0.4 is 5.32 Å². The number of hydrogen-bond donors (Lipinski definition) is 2. The summed E-state index contributed by atoms with van der Waals surface area (Å²) in [5.41, 5.74) is 1.14. The molecule has 0 saturated heterocycles. The van der Waals surface area contributed by atoms with E-state index in [-0.39, 0.29) is 11.6 Å². The minimum Gasteiger partial charge on any atom is -0.478 e. The Bertz CT molecular complexity index is 569. The van der Waals surface area contributed by atoms with E-state index in [0.29, 0.717) is 0 Å². The van der Waals surface area contributed by atoms with Gasteiger partial charge in [0.25, 0.3) is 0 Å². The van der Waals surface area contributed by atoms with Crippen molar-refractivity contribution in [2.24, 2.45) is 0 Å². The molecule has 0 radical (unpaired) electrons. The van der Waals surface area contributed by atoms with E-state index in [0.717, 1.165) is 16.7 Å². The molecular weight excluding hydrogens is 310 g/mol. The van der Waals surface area contributed by atoms with Crippen LogP contribution >= 0.6 is 15.9 Å². The fraction of sp³-hybridized carbons (Fsp3) is 0.231. The summed E-state index contributed by atoms with van der Waals surface area (Å²) in [7, 11) is 0. The van der Waals surface area contributed by atoms with Crippen LogP contribution in [-0.4, -0.2) is 26.7 Å². The number of aromatic carboxylic acids is 1. The lowest BCUT2D eigenvalue weighted by Gasteiger charge is -2.17. The molecule has 2 aromatic rings. The predicted octanol–water partition coefficient (Wildman–Crippen LogP) is 2.84. The monoisotopic (exact) mass is 323 g/mol. The third-order valence-electron chi connectivity index (χ3n) is 2.66. The summed E-state index contributed by atoms with van der Waals surface area (Å²) in [6.45, 7) is 2.84. The largest absolute Gasteiger partial charge is 0.478 e. The first kappa shape index (κ1) is 13.6. The van der Waals surface area contributed by atoms with Crippen molar-refractivity contribution in [3.05, 3.63) is 47.0 Å².